The van der Waals surface area contributed by atoms with E-state index in [1.165, 1.54) is 51.0 Å². The van der Waals surface area contributed by atoms with Gasteiger partial charge < -0.3 is 10.3 Å². The van der Waals surface area contributed by atoms with Crippen molar-refractivity contribution < 1.29 is 0 Å². The van der Waals surface area contributed by atoms with E-state index in [4.69, 9.17) is 0 Å². The maximum Gasteiger partial charge on any atom is 0.120 e. The molecule has 0 bridgehead atoms. The molecule has 4 nitrogen and oxygen atoms in total. The molecule has 1 aromatic carbocycles. The first-order valence-corrected chi connectivity index (χ1v) is 9.25. The Morgan fingerprint density at radius 3 is 2.91 bits per heavy atom. The molecule has 1 spiro atoms. The molecule has 2 aliphatic rings. The number of halogens is 1. The van der Waals surface area contributed by atoms with E-state index in [0.29, 0.717) is 5.41 Å². The zero-order valence-corrected chi connectivity index (χ0v) is 14.9. The monoisotopic (exact) mass is 374 g/mol. The van der Waals surface area contributed by atoms with Gasteiger partial charge in [0.25, 0.3) is 0 Å². The molecular weight excluding hydrogens is 352 g/mol. The number of nitrogens with one attached hydrogen (secondary N) is 2. The third-order valence-corrected chi connectivity index (χ3v) is 5.81. The predicted octanol–water partition coefficient (Wildman–Crippen LogP) is 3.41. The third kappa shape index (κ3) is 3.37. The fraction of sp³-hybridized carbons (Fsp3) is 0.500. The third-order valence-electron chi connectivity index (χ3n) is 5.32. The fourth-order valence-electron chi connectivity index (χ4n) is 3.99. The number of likely N-dealkylation sites (tertiary alicyclic amines) is 1. The summed E-state index contributed by atoms with van der Waals surface area (Å²) < 4.78 is 1.10. The Kier molecular flexibility index (Phi) is 4.26. The largest absolute Gasteiger partial charge is 0.341 e. The number of hydrogen-bond acceptors (Lipinski definition) is 3. The molecule has 0 aliphatic carbocycles. The Morgan fingerprint density at radius 1 is 1.22 bits per heavy atom. The maximum absolute atomic E-state index is 4.59. The topological polar surface area (TPSA) is 44.0 Å². The predicted molar refractivity (Wildman–Crippen MR) is 96.2 cm³/mol. The van der Waals surface area contributed by atoms with E-state index >= 15 is 0 Å². The van der Waals surface area contributed by atoms with Crippen molar-refractivity contribution in [3.63, 3.8) is 0 Å². The smallest absolute Gasteiger partial charge is 0.120 e. The van der Waals surface area contributed by atoms with Crippen molar-refractivity contribution in [3.8, 4) is 11.3 Å². The standard InChI is InChI=1S/C18H23BrN4/c19-15-3-1-2-14(10-15)16-11-21-17(22-16)12-23-9-6-18(13-23)4-7-20-8-5-18/h1-3,10-11,20H,4-9,12-13H2,(H,21,22). The highest BCUT2D eigenvalue weighted by atomic mass is 79.9. The Hall–Kier alpha value is -1.17. The summed E-state index contributed by atoms with van der Waals surface area (Å²) in [6, 6.07) is 8.34. The van der Waals surface area contributed by atoms with Crippen molar-refractivity contribution >= 4 is 15.9 Å². The van der Waals surface area contributed by atoms with Crippen molar-refractivity contribution in [3.05, 3.63) is 40.8 Å². The number of nitrogens with zero attached hydrogens (tertiary/aromatic N) is 2. The van der Waals surface area contributed by atoms with E-state index in [-0.39, 0.29) is 0 Å². The van der Waals surface area contributed by atoms with Crippen LogP contribution < -0.4 is 5.32 Å². The van der Waals surface area contributed by atoms with E-state index in [1.54, 1.807) is 0 Å². The molecule has 0 saturated carbocycles. The molecule has 1 aromatic heterocycles. The van der Waals surface area contributed by atoms with Crippen molar-refractivity contribution in [2.45, 2.75) is 25.8 Å². The molecule has 0 radical (unpaired) electrons. The van der Waals surface area contributed by atoms with Gasteiger partial charge in [-0.1, -0.05) is 28.1 Å². The van der Waals surface area contributed by atoms with Crippen molar-refractivity contribution in [1.29, 1.82) is 0 Å². The lowest BCUT2D eigenvalue weighted by atomic mass is 9.78. The van der Waals surface area contributed by atoms with Crippen LogP contribution in [0.3, 0.4) is 0 Å². The highest BCUT2D eigenvalue weighted by Gasteiger charge is 2.38. The minimum absolute atomic E-state index is 0.560. The molecule has 0 amide bonds. The van der Waals surface area contributed by atoms with Crippen LogP contribution in [0.2, 0.25) is 0 Å². The molecule has 4 rings (SSSR count). The molecule has 122 valence electrons. The highest BCUT2D eigenvalue weighted by Crippen LogP contribution is 2.38. The minimum Gasteiger partial charge on any atom is -0.341 e. The van der Waals surface area contributed by atoms with E-state index < -0.39 is 0 Å². The summed E-state index contributed by atoms with van der Waals surface area (Å²) in [4.78, 5) is 10.6. The quantitative estimate of drug-likeness (QED) is 0.864. The summed E-state index contributed by atoms with van der Waals surface area (Å²) in [5.74, 6) is 1.07. The van der Waals surface area contributed by atoms with Gasteiger partial charge in [-0.25, -0.2) is 4.98 Å². The number of piperidine rings is 1. The summed E-state index contributed by atoms with van der Waals surface area (Å²) in [6.07, 6.45) is 5.94. The Morgan fingerprint density at radius 2 is 2.09 bits per heavy atom. The van der Waals surface area contributed by atoms with Gasteiger partial charge in [-0.05, 0) is 56.4 Å². The second-order valence-electron chi connectivity index (χ2n) is 6.96. The second-order valence-corrected chi connectivity index (χ2v) is 7.88. The van der Waals surface area contributed by atoms with E-state index in [0.717, 1.165) is 22.5 Å². The van der Waals surface area contributed by atoms with E-state index in [2.05, 4.69) is 54.3 Å². The first-order chi connectivity index (χ1) is 11.2. The van der Waals surface area contributed by atoms with Crippen LogP contribution in [0.4, 0.5) is 0 Å². The summed E-state index contributed by atoms with van der Waals surface area (Å²) >= 11 is 3.53. The molecule has 2 aliphatic heterocycles. The number of benzene rings is 1. The molecule has 2 fully saturated rings. The van der Waals surface area contributed by atoms with Gasteiger partial charge in [0.05, 0.1) is 18.4 Å². The van der Waals surface area contributed by atoms with Crippen molar-refractivity contribution in [2.24, 2.45) is 5.41 Å². The molecule has 3 heterocycles. The lowest BCUT2D eigenvalue weighted by Crippen LogP contribution is -2.38. The Balaban J connectivity index is 1.42. The zero-order valence-electron chi connectivity index (χ0n) is 13.3. The van der Waals surface area contributed by atoms with Crippen LogP contribution in [0, 0.1) is 5.41 Å². The van der Waals surface area contributed by atoms with Crippen LogP contribution in [0.25, 0.3) is 11.3 Å². The van der Waals surface area contributed by atoms with E-state index in [9.17, 15) is 0 Å². The number of H-pyrrole nitrogens is 1. The van der Waals surface area contributed by atoms with Crippen LogP contribution in [-0.4, -0.2) is 41.0 Å². The molecular formula is C18H23BrN4. The van der Waals surface area contributed by atoms with Crippen molar-refractivity contribution in [2.75, 3.05) is 26.2 Å². The van der Waals surface area contributed by atoms with Crippen LogP contribution in [0.5, 0.6) is 0 Å². The zero-order chi connectivity index (χ0) is 15.7. The van der Waals surface area contributed by atoms with Gasteiger partial charge in [-0.15, -0.1) is 0 Å². The number of hydrogen-bond donors (Lipinski definition) is 2. The van der Waals surface area contributed by atoms with Gasteiger partial charge in [0.2, 0.25) is 0 Å². The van der Waals surface area contributed by atoms with Crippen LogP contribution in [-0.2, 0) is 6.54 Å². The van der Waals surface area contributed by atoms with Crippen LogP contribution in [0.15, 0.2) is 34.9 Å². The van der Waals surface area contributed by atoms with Crippen LogP contribution >= 0.6 is 15.9 Å². The lowest BCUT2D eigenvalue weighted by molar-refractivity contribution is 0.192. The van der Waals surface area contributed by atoms with Gasteiger partial charge in [-0.2, -0.15) is 0 Å². The van der Waals surface area contributed by atoms with Gasteiger partial charge >= 0.3 is 0 Å². The van der Waals surface area contributed by atoms with Gasteiger partial charge in [-0.3, -0.25) is 4.90 Å². The number of imidazole rings is 1. The maximum atomic E-state index is 4.59. The first-order valence-electron chi connectivity index (χ1n) is 8.45. The SMILES string of the molecule is Brc1cccc(-c2cnc(CN3CCC4(CCNCC4)C3)[nH]2)c1. The first kappa shape index (κ1) is 15.4. The summed E-state index contributed by atoms with van der Waals surface area (Å²) in [5.41, 5.74) is 2.83. The Labute approximate surface area is 145 Å². The summed E-state index contributed by atoms with van der Waals surface area (Å²) in [6.45, 7) is 5.72. The van der Waals surface area contributed by atoms with Crippen LogP contribution in [0.1, 0.15) is 25.1 Å². The number of rotatable bonds is 3. The summed E-state index contributed by atoms with van der Waals surface area (Å²) in [7, 11) is 0. The average Bonchev–Trinajstić information content (AvgIpc) is 3.17. The molecule has 23 heavy (non-hydrogen) atoms. The molecule has 2 N–H and O–H groups in total. The van der Waals surface area contributed by atoms with Gasteiger partial charge in [0.15, 0.2) is 0 Å². The normalized spacial score (nSPS) is 21.1. The minimum atomic E-state index is 0.560. The average molecular weight is 375 g/mol. The number of aromatic amines is 1. The Bertz CT molecular complexity index is 675. The molecule has 0 atom stereocenters. The van der Waals surface area contributed by atoms with Crippen molar-refractivity contribution in [1.82, 2.24) is 20.2 Å². The molecule has 5 heteroatoms. The molecule has 2 aromatic rings. The second kappa shape index (κ2) is 6.38. The van der Waals surface area contributed by atoms with Gasteiger partial charge in [0.1, 0.15) is 5.82 Å². The molecule has 0 unspecified atom stereocenters. The highest BCUT2D eigenvalue weighted by molar-refractivity contribution is 9.10. The number of aromatic nitrogens is 2. The lowest BCUT2D eigenvalue weighted by Gasteiger charge is -2.33. The van der Waals surface area contributed by atoms with Gasteiger partial charge in [0, 0.05) is 16.6 Å². The summed E-state index contributed by atoms with van der Waals surface area (Å²) in [5, 5.41) is 3.49. The molecule has 2 saturated heterocycles. The van der Waals surface area contributed by atoms with E-state index in [1.807, 2.05) is 12.3 Å². The fourth-order valence-corrected chi connectivity index (χ4v) is 4.38.